The molecule has 2 aromatic rings. The fourth-order valence-electron chi connectivity index (χ4n) is 1.51. The lowest BCUT2D eigenvalue weighted by Gasteiger charge is -2.06. The van der Waals surface area contributed by atoms with Crippen molar-refractivity contribution in [3.05, 3.63) is 59.4 Å². The molecule has 0 aromatic heterocycles. The van der Waals surface area contributed by atoms with Gasteiger partial charge >= 0.3 is 0 Å². The Balaban J connectivity index is 2.63. The molecule has 2 rings (SSSR count). The van der Waals surface area contributed by atoms with Crippen molar-refractivity contribution in [2.75, 3.05) is 0 Å². The lowest BCUT2D eigenvalue weighted by Crippen LogP contribution is -1.93. The molecule has 0 amide bonds. The number of hydrogen-bond acceptors (Lipinski definition) is 0. The zero-order chi connectivity index (χ0) is 11.7. The maximum Gasteiger partial charge on any atom is 0.169 e. The van der Waals surface area contributed by atoms with Crippen molar-refractivity contribution < 1.29 is 13.2 Å². The van der Waals surface area contributed by atoms with Gasteiger partial charge in [-0.1, -0.05) is 29.8 Å². The predicted molar refractivity (Wildman–Crippen MR) is 56.5 cm³/mol. The zero-order valence-corrected chi connectivity index (χ0v) is 8.60. The molecule has 0 spiro atoms. The standard InChI is InChI=1S/C13H9F3/c1-8-2-4-9(5-3-8)12-10(14)6-7-11(15)13(12)16/h2-7H,1H3. The topological polar surface area (TPSA) is 0 Å². The van der Waals surface area contributed by atoms with E-state index in [0.29, 0.717) is 5.56 Å². The van der Waals surface area contributed by atoms with Gasteiger partial charge in [0, 0.05) is 0 Å². The molecule has 0 aliphatic carbocycles. The summed E-state index contributed by atoms with van der Waals surface area (Å²) in [5, 5.41) is 0. The fraction of sp³-hybridized carbons (Fsp3) is 0.0769. The average Bonchev–Trinajstić information content (AvgIpc) is 2.27. The highest BCUT2D eigenvalue weighted by Gasteiger charge is 2.15. The van der Waals surface area contributed by atoms with Crippen LogP contribution in [0.3, 0.4) is 0 Å². The number of halogens is 3. The van der Waals surface area contributed by atoms with E-state index in [1.807, 2.05) is 6.92 Å². The van der Waals surface area contributed by atoms with Crippen LogP contribution in [0.2, 0.25) is 0 Å². The molecule has 16 heavy (non-hydrogen) atoms. The molecule has 82 valence electrons. The summed E-state index contributed by atoms with van der Waals surface area (Å²) in [6.45, 7) is 1.86. The smallest absolute Gasteiger partial charge is 0.169 e. The first kappa shape index (κ1) is 10.7. The Morgan fingerprint density at radius 1 is 0.750 bits per heavy atom. The van der Waals surface area contributed by atoms with E-state index in [1.165, 1.54) is 0 Å². The molecule has 0 radical (unpaired) electrons. The normalized spacial score (nSPS) is 10.5. The third-order valence-electron chi connectivity index (χ3n) is 2.38. The van der Waals surface area contributed by atoms with Gasteiger partial charge in [0.15, 0.2) is 11.6 Å². The average molecular weight is 222 g/mol. The first-order valence-corrected chi connectivity index (χ1v) is 4.80. The van der Waals surface area contributed by atoms with Crippen LogP contribution in [0, 0.1) is 24.4 Å². The van der Waals surface area contributed by atoms with E-state index in [1.54, 1.807) is 24.3 Å². The van der Waals surface area contributed by atoms with E-state index in [2.05, 4.69) is 0 Å². The van der Waals surface area contributed by atoms with Crippen LogP contribution in [0.15, 0.2) is 36.4 Å². The molecule has 0 bridgehead atoms. The molecule has 3 heteroatoms. The molecular formula is C13H9F3. The van der Waals surface area contributed by atoms with Crippen molar-refractivity contribution in [1.29, 1.82) is 0 Å². The van der Waals surface area contributed by atoms with Gasteiger partial charge in [-0.2, -0.15) is 0 Å². The number of hydrogen-bond donors (Lipinski definition) is 0. The fourth-order valence-corrected chi connectivity index (χ4v) is 1.51. The predicted octanol–water partition coefficient (Wildman–Crippen LogP) is 4.08. The van der Waals surface area contributed by atoms with Crippen molar-refractivity contribution in [3.63, 3.8) is 0 Å². The Bertz CT molecular complexity index is 515. The minimum atomic E-state index is -1.15. The Morgan fingerprint density at radius 3 is 1.94 bits per heavy atom. The summed E-state index contributed by atoms with van der Waals surface area (Å²) in [6.07, 6.45) is 0. The van der Waals surface area contributed by atoms with Gasteiger partial charge in [0.2, 0.25) is 0 Å². The molecule has 0 N–H and O–H groups in total. The Kier molecular flexibility index (Phi) is 2.69. The van der Waals surface area contributed by atoms with Crippen LogP contribution in [0.5, 0.6) is 0 Å². The van der Waals surface area contributed by atoms with Gasteiger partial charge in [-0.3, -0.25) is 0 Å². The van der Waals surface area contributed by atoms with Crippen LogP contribution in [-0.4, -0.2) is 0 Å². The van der Waals surface area contributed by atoms with Crippen molar-refractivity contribution in [1.82, 2.24) is 0 Å². The Labute approximate surface area is 91.4 Å². The van der Waals surface area contributed by atoms with Crippen LogP contribution >= 0.6 is 0 Å². The lowest BCUT2D eigenvalue weighted by molar-refractivity contribution is 0.499. The van der Waals surface area contributed by atoms with E-state index in [4.69, 9.17) is 0 Å². The summed E-state index contributed by atoms with van der Waals surface area (Å²) < 4.78 is 39.8. The lowest BCUT2D eigenvalue weighted by atomic mass is 10.0. The minimum Gasteiger partial charge on any atom is -0.206 e. The van der Waals surface area contributed by atoms with Gasteiger partial charge in [-0.05, 0) is 24.6 Å². The molecule has 0 saturated heterocycles. The van der Waals surface area contributed by atoms with Crippen LogP contribution < -0.4 is 0 Å². The first-order valence-electron chi connectivity index (χ1n) is 4.80. The SMILES string of the molecule is Cc1ccc(-c2c(F)ccc(F)c2F)cc1. The summed E-state index contributed by atoms with van der Waals surface area (Å²) in [4.78, 5) is 0. The number of rotatable bonds is 1. The third-order valence-corrected chi connectivity index (χ3v) is 2.38. The van der Waals surface area contributed by atoms with Gasteiger partial charge < -0.3 is 0 Å². The van der Waals surface area contributed by atoms with Crippen LogP contribution in [-0.2, 0) is 0 Å². The second-order valence-electron chi connectivity index (χ2n) is 3.58. The van der Waals surface area contributed by atoms with Crippen LogP contribution in [0.25, 0.3) is 11.1 Å². The maximum atomic E-state index is 13.4. The minimum absolute atomic E-state index is 0.319. The van der Waals surface area contributed by atoms with E-state index in [0.717, 1.165) is 17.7 Å². The second kappa shape index (κ2) is 4.00. The second-order valence-corrected chi connectivity index (χ2v) is 3.58. The summed E-state index contributed by atoms with van der Waals surface area (Å²) in [7, 11) is 0. The van der Waals surface area contributed by atoms with Crippen molar-refractivity contribution in [2.24, 2.45) is 0 Å². The van der Waals surface area contributed by atoms with Gasteiger partial charge in [-0.15, -0.1) is 0 Å². The van der Waals surface area contributed by atoms with Crippen molar-refractivity contribution >= 4 is 0 Å². The molecule has 0 atom stereocenters. The van der Waals surface area contributed by atoms with Crippen LogP contribution in [0.4, 0.5) is 13.2 Å². The molecule has 0 saturated carbocycles. The zero-order valence-electron chi connectivity index (χ0n) is 8.60. The van der Waals surface area contributed by atoms with Crippen molar-refractivity contribution in [3.8, 4) is 11.1 Å². The van der Waals surface area contributed by atoms with E-state index in [9.17, 15) is 13.2 Å². The Morgan fingerprint density at radius 2 is 1.31 bits per heavy atom. The van der Waals surface area contributed by atoms with Gasteiger partial charge in [0.1, 0.15) is 5.82 Å². The number of benzene rings is 2. The van der Waals surface area contributed by atoms with Gasteiger partial charge in [0.25, 0.3) is 0 Å². The highest BCUT2D eigenvalue weighted by Crippen LogP contribution is 2.27. The maximum absolute atomic E-state index is 13.4. The van der Waals surface area contributed by atoms with Gasteiger partial charge in [0.05, 0.1) is 5.56 Å². The monoisotopic (exact) mass is 222 g/mol. The van der Waals surface area contributed by atoms with Crippen molar-refractivity contribution in [2.45, 2.75) is 6.92 Å². The molecule has 0 heterocycles. The summed E-state index contributed by atoms with van der Waals surface area (Å²) in [6, 6.07) is 8.28. The highest BCUT2D eigenvalue weighted by atomic mass is 19.2. The first-order chi connectivity index (χ1) is 7.59. The molecule has 0 fully saturated rings. The summed E-state index contributed by atoms with van der Waals surface area (Å²) >= 11 is 0. The molecule has 0 aliphatic heterocycles. The van der Waals surface area contributed by atoms with Crippen LogP contribution in [0.1, 0.15) is 5.56 Å². The highest BCUT2D eigenvalue weighted by molar-refractivity contribution is 5.65. The summed E-state index contributed by atoms with van der Waals surface area (Å²) in [5.41, 5.74) is 0.987. The molecule has 2 aromatic carbocycles. The van der Waals surface area contributed by atoms with E-state index in [-0.39, 0.29) is 5.56 Å². The Hall–Kier alpha value is -1.77. The molecular weight excluding hydrogens is 213 g/mol. The summed E-state index contributed by atoms with van der Waals surface area (Å²) in [5.74, 6) is -2.96. The largest absolute Gasteiger partial charge is 0.206 e. The van der Waals surface area contributed by atoms with E-state index >= 15 is 0 Å². The number of aryl methyl sites for hydroxylation is 1. The molecule has 0 nitrogen and oxygen atoms in total. The van der Waals surface area contributed by atoms with E-state index < -0.39 is 17.5 Å². The third kappa shape index (κ3) is 1.81. The molecule has 0 unspecified atom stereocenters. The van der Waals surface area contributed by atoms with Gasteiger partial charge in [-0.25, -0.2) is 13.2 Å². The quantitative estimate of drug-likeness (QED) is 0.638. The molecule has 0 aliphatic rings.